The summed E-state index contributed by atoms with van der Waals surface area (Å²) in [5.41, 5.74) is 2.49. The number of halogens is 1. The summed E-state index contributed by atoms with van der Waals surface area (Å²) in [5, 5.41) is 0. The minimum Gasteiger partial charge on any atom is -0.352 e. The summed E-state index contributed by atoms with van der Waals surface area (Å²) in [6.07, 6.45) is 5.82. The fraction of sp³-hybridized carbons (Fsp3) is 0.667. The molecule has 0 aliphatic heterocycles. The van der Waals surface area contributed by atoms with Gasteiger partial charge in [-0.25, -0.2) is 0 Å². The lowest BCUT2D eigenvalue weighted by molar-refractivity contribution is -0.0671. The van der Waals surface area contributed by atoms with Gasteiger partial charge in [-0.15, -0.1) is 11.6 Å². The maximum atomic E-state index is 5.84. The van der Waals surface area contributed by atoms with Crippen molar-refractivity contribution in [1.82, 2.24) is 0 Å². The molecule has 3 heteroatoms. The van der Waals surface area contributed by atoms with E-state index in [-0.39, 0.29) is 6.29 Å². The van der Waals surface area contributed by atoms with Crippen LogP contribution in [0.5, 0.6) is 0 Å². The first kappa shape index (κ1) is 14.7. The number of ether oxygens (including phenoxy) is 2. The molecule has 0 saturated carbocycles. The Hall–Kier alpha value is -0.310. The summed E-state index contributed by atoms with van der Waals surface area (Å²) in [4.78, 5) is 0. The van der Waals surface area contributed by atoms with Crippen LogP contribution < -0.4 is 0 Å². The molecule has 0 amide bonds. The number of alkyl halides is 1. The molecule has 0 aromatic rings. The second kappa shape index (κ2) is 8.96. The number of methoxy groups -OCH3 is 2. The van der Waals surface area contributed by atoms with Crippen molar-refractivity contribution in [3.63, 3.8) is 0 Å². The normalized spacial score (nSPS) is 12.0. The lowest BCUT2D eigenvalue weighted by Gasteiger charge is -2.10. The molecular formula is C12H21ClO2. The van der Waals surface area contributed by atoms with E-state index >= 15 is 0 Å². The molecule has 0 bridgehead atoms. The van der Waals surface area contributed by atoms with Gasteiger partial charge in [0.05, 0.1) is 0 Å². The molecule has 0 unspecified atom stereocenters. The van der Waals surface area contributed by atoms with Crippen molar-refractivity contribution < 1.29 is 9.47 Å². The average Bonchev–Trinajstić information content (AvgIpc) is 2.22. The van der Waals surface area contributed by atoms with E-state index in [9.17, 15) is 0 Å². The predicted octanol–water partition coefficient (Wildman–Crippen LogP) is 3.52. The van der Waals surface area contributed by atoms with Crippen LogP contribution in [0.1, 0.15) is 26.7 Å². The summed E-state index contributed by atoms with van der Waals surface area (Å²) < 4.78 is 10.2. The van der Waals surface area contributed by atoms with Gasteiger partial charge in [0.15, 0.2) is 6.29 Å². The van der Waals surface area contributed by atoms with Crippen molar-refractivity contribution in [2.75, 3.05) is 20.1 Å². The van der Waals surface area contributed by atoms with E-state index in [4.69, 9.17) is 21.1 Å². The molecule has 0 aromatic heterocycles. The van der Waals surface area contributed by atoms with Crippen molar-refractivity contribution in [3.8, 4) is 0 Å². The topological polar surface area (TPSA) is 18.5 Å². The van der Waals surface area contributed by atoms with Gasteiger partial charge < -0.3 is 9.47 Å². The fourth-order valence-electron chi connectivity index (χ4n) is 1.17. The second-order valence-electron chi connectivity index (χ2n) is 3.62. The van der Waals surface area contributed by atoms with Gasteiger partial charge >= 0.3 is 0 Å². The van der Waals surface area contributed by atoms with Crippen LogP contribution in [0.25, 0.3) is 0 Å². The maximum Gasteiger partial charge on any atom is 0.176 e. The molecule has 0 atom stereocenters. The Bertz CT molecular complexity index is 214. The van der Waals surface area contributed by atoms with Gasteiger partial charge in [0.1, 0.15) is 0 Å². The quantitative estimate of drug-likeness (QED) is 0.380. The number of rotatable bonds is 7. The van der Waals surface area contributed by atoms with Gasteiger partial charge in [-0.1, -0.05) is 17.2 Å². The largest absolute Gasteiger partial charge is 0.352 e. The van der Waals surface area contributed by atoms with Crippen LogP contribution in [0.3, 0.4) is 0 Å². The van der Waals surface area contributed by atoms with Crippen LogP contribution >= 0.6 is 11.6 Å². The lowest BCUT2D eigenvalue weighted by atomic mass is 10.1. The Morgan fingerprint density at radius 1 is 1.27 bits per heavy atom. The van der Waals surface area contributed by atoms with Crippen LogP contribution in [-0.4, -0.2) is 26.4 Å². The van der Waals surface area contributed by atoms with E-state index in [1.807, 2.05) is 6.08 Å². The highest BCUT2D eigenvalue weighted by atomic mass is 35.5. The molecule has 0 radical (unpaired) electrons. The third-order valence-corrected chi connectivity index (χ3v) is 2.37. The van der Waals surface area contributed by atoms with Crippen LogP contribution in [0.15, 0.2) is 23.3 Å². The fourth-order valence-corrected chi connectivity index (χ4v) is 1.39. The minimum absolute atomic E-state index is 0.287. The third kappa shape index (κ3) is 7.60. The minimum atomic E-state index is -0.287. The third-order valence-electron chi connectivity index (χ3n) is 2.03. The first-order valence-electron chi connectivity index (χ1n) is 5.08. The molecule has 0 rings (SSSR count). The zero-order valence-corrected chi connectivity index (χ0v) is 10.8. The maximum absolute atomic E-state index is 5.84. The molecule has 0 N–H and O–H groups in total. The first-order chi connectivity index (χ1) is 7.13. The summed E-state index contributed by atoms with van der Waals surface area (Å²) in [6.45, 7) is 4.19. The molecule has 0 fully saturated rings. The summed E-state index contributed by atoms with van der Waals surface area (Å²) in [7, 11) is 3.24. The summed E-state index contributed by atoms with van der Waals surface area (Å²) in [6, 6.07) is 0. The zero-order valence-electron chi connectivity index (χ0n) is 10.0. The van der Waals surface area contributed by atoms with E-state index in [1.165, 1.54) is 5.57 Å². The highest BCUT2D eigenvalue weighted by molar-refractivity contribution is 6.19. The monoisotopic (exact) mass is 232 g/mol. The molecule has 0 aliphatic carbocycles. The molecule has 0 heterocycles. The van der Waals surface area contributed by atoms with E-state index < -0.39 is 0 Å². The van der Waals surface area contributed by atoms with Crippen LogP contribution in [0.4, 0.5) is 0 Å². The second-order valence-corrected chi connectivity index (χ2v) is 3.89. The van der Waals surface area contributed by atoms with Crippen LogP contribution in [0.2, 0.25) is 0 Å². The van der Waals surface area contributed by atoms with E-state index in [1.54, 1.807) is 14.2 Å². The van der Waals surface area contributed by atoms with Gasteiger partial charge in [0, 0.05) is 20.1 Å². The molecule has 88 valence electrons. The van der Waals surface area contributed by atoms with Crippen molar-refractivity contribution >= 4 is 11.6 Å². The lowest BCUT2D eigenvalue weighted by Crippen LogP contribution is -2.10. The van der Waals surface area contributed by atoms with Crippen LogP contribution in [0, 0.1) is 0 Å². The molecular weight excluding hydrogens is 212 g/mol. The Kier molecular flexibility index (Phi) is 8.77. The van der Waals surface area contributed by atoms with Gasteiger partial charge in [0.25, 0.3) is 0 Å². The van der Waals surface area contributed by atoms with Crippen LogP contribution in [-0.2, 0) is 9.47 Å². The molecule has 0 aromatic carbocycles. The average molecular weight is 233 g/mol. The van der Waals surface area contributed by atoms with Gasteiger partial charge in [0.2, 0.25) is 0 Å². The Morgan fingerprint density at radius 3 is 2.27 bits per heavy atom. The predicted molar refractivity (Wildman–Crippen MR) is 65.3 cm³/mol. The Balaban J connectivity index is 4.16. The van der Waals surface area contributed by atoms with Crippen molar-refractivity contribution in [2.24, 2.45) is 0 Å². The van der Waals surface area contributed by atoms with Gasteiger partial charge in [-0.2, -0.15) is 0 Å². The molecule has 2 nitrogen and oxygen atoms in total. The van der Waals surface area contributed by atoms with Gasteiger partial charge in [-0.3, -0.25) is 0 Å². The van der Waals surface area contributed by atoms with Crippen molar-refractivity contribution in [2.45, 2.75) is 33.0 Å². The SMILES string of the molecule is COC(/C=C(\CCl)CCC=C(C)C)OC. The highest BCUT2D eigenvalue weighted by Gasteiger charge is 2.03. The number of allylic oxidation sites excluding steroid dienone is 3. The van der Waals surface area contributed by atoms with Crippen molar-refractivity contribution in [1.29, 1.82) is 0 Å². The molecule has 0 saturated heterocycles. The Labute approximate surface area is 97.9 Å². The highest BCUT2D eigenvalue weighted by Crippen LogP contribution is 2.11. The van der Waals surface area contributed by atoms with E-state index in [0.29, 0.717) is 5.88 Å². The van der Waals surface area contributed by atoms with Crippen molar-refractivity contribution in [3.05, 3.63) is 23.3 Å². The zero-order chi connectivity index (χ0) is 11.7. The summed E-state index contributed by atoms with van der Waals surface area (Å²) >= 11 is 5.84. The molecule has 0 aliphatic rings. The van der Waals surface area contributed by atoms with E-state index in [2.05, 4.69) is 19.9 Å². The van der Waals surface area contributed by atoms with Gasteiger partial charge in [-0.05, 0) is 32.8 Å². The smallest absolute Gasteiger partial charge is 0.176 e. The first-order valence-corrected chi connectivity index (χ1v) is 5.62. The molecule has 0 spiro atoms. The van der Waals surface area contributed by atoms with E-state index in [0.717, 1.165) is 18.4 Å². The molecule has 15 heavy (non-hydrogen) atoms. The number of hydrogen-bond donors (Lipinski definition) is 0. The summed E-state index contributed by atoms with van der Waals surface area (Å²) in [5.74, 6) is 0.528. The Morgan fingerprint density at radius 2 is 1.87 bits per heavy atom. The number of hydrogen-bond acceptors (Lipinski definition) is 2. The standard InChI is InChI=1S/C12H21ClO2/c1-10(2)6-5-7-11(9-13)8-12(14-3)15-4/h6,8,12H,5,7,9H2,1-4H3/b11-8-.